The fourth-order valence-electron chi connectivity index (χ4n) is 1.43. The van der Waals surface area contributed by atoms with Crippen LogP contribution >= 0.6 is 11.8 Å². The highest BCUT2D eigenvalue weighted by Gasteiger charge is 2.13. The molecule has 6 heteroatoms. The zero-order valence-electron chi connectivity index (χ0n) is 10.7. The van der Waals surface area contributed by atoms with E-state index in [1.54, 1.807) is 12.3 Å². The fourth-order valence-corrected chi connectivity index (χ4v) is 2.06. The van der Waals surface area contributed by atoms with Gasteiger partial charge in [0, 0.05) is 12.7 Å². The van der Waals surface area contributed by atoms with Crippen molar-refractivity contribution in [2.24, 2.45) is 0 Å². The van der Waals surface area contributed by atoms with Gasteiger partial charge < -0.3 is 15.8 Å². The zero-order valence-corrected chi connectivity index (χ0v) is 11.5. The topological polar surface area (TPSA) is 77.2 Å². The summed E-state index contributed by atoms with van der Waals surface area (Å²) >= 11 is 1.89. The Labute approximate surface area is 111 Å². The molecule has 0 aliphatic carbocycles. The number of carbonyl (C=O) groups excluding carboxylic acids is 1. The standard InChI is InChI=1S/C12H19N3O2S/c1-3-18-8-4-6-14-11-10(13)9(5-7-15-11)12(16)17-2/h5,7H,3-4,6,8,13H2,1-2H3,(H,14,15). The van der Waals surface area contributed by atoms with Crippen LogP contribution in [0.2, 0.25) is 0 Å². The van der Waals surface area contributed by atoms with E-state index in [1.807, 2.05) is 11.8 Å². The number of thioether (sulfide) groups is 1. The first-order chi connectivity index (χ1) is 8.70. The lowest BCUT2D eigenvalue weighted by Gasteiger charge is -2.10. The lowest BCUT2D eigenvalue weighted by molar-refractivity contribution is 0.0602. The van der Waals surface area contributed by atoms with Gasteiger partial charge in [-0.25, -0.2) is 9.78 Å². The third-order valence-corrected chi connectivity index (χ3v) is 3.34. The van der Waals surface area contributed by atoms with Crippen molar-refractivity contribution in [3.8, 4) is 0 Å². The molecule has 0 atom stereocenters. The van der Waals surface area contributed by atoms with Crippen LogP contribution in [0.1, 0.15) is 23.7 Å². The average Bonchev–Trinajstić information content (AvgIpc) is 2.39. The van der Waals surface area contributed by atoms with Gasteiger partial charge >= 0.3 is 5.97 Å². The molecule has 100 valence electrons. The quantitative estimate of drug-likeness (QED) is 0.582. The second kappa shape index (κ2) is 7.81. The van der Waals surface area contributed by atoms with E-state index in [1.165, 1.54) is 7.11 Å². The Morgan fingerprint density at radius 3 is 3.06 bits per heavy atom. The van der Waals surface area contributed by atoms with Gasteiger partial charge in [-0.3, -0.25) is 0 Å². The summed E-state index contributed by atoms with van der Waals surface area (Å²) in [7, 11) is 1.33. The van der Waals surface area contributed by atoms with E-state index in [2.05, 4.69) is 22.0 Å². The Balaban J connectivity index is 2.58. The maximum Gasteiger partial charge on any atom is 0.340 e. The number of aromatic nitrogens is 1. The zero-order chi connectivity index (χ0) is 13.4. The Hall–Kier alpha value is -1.43. The third-order valence-electron chi connectivity index (χ3n) is 2.36. The summed E-state index contributed by atoms with van der Waals surface area (Å²) in [6.07, 6.45) is 2.58. The number of nitrogens with zero attached hydrogens (tertiary/aromatic N) is 1. The molecule has 0 bridgehead atoms. The van der Waals surface area contributed by atoms with Crippen molar-refractivity contribution in [1.82, 2.24) is 4.98 Å². The molecule has 0 unspecified atom stereocenters. The van der Waals surface area contributed by atoms with Crippen LogP contribution in [0.5, 0.6) is 0 Å². The van der Waals surface area contributed by atoms with Crippen LogP contribution in [-0.4, -0.2) is 36.1 Å². The molecule has 1 aromatic heterocycles. The fraction of sp³-hybridized carbons (Fsp3) is 0.500. The molecule has 1 heterocycles. The Morgan fingerprint density at radius 1 is 1.61 bits per heavy atom. The summed E-state index contributed by atoms with van der Waals surface area (Å²) < 4.78 is 4.65. The normalized spacial score (nSPS) is 10.1. The smallest absolute Gasteiger partial charge is 0.340 e. The number of nitrogens with two attached hydrogens (primary N) is 1. The molecular weight excluding hydrogens is 250 g/mol. The van der Waals surface area contributed by atoms with E-state index in [4.69, 9.17) is 5.73 Å². The van der Waals surface area contributed by atoms with Crippen molar-refractivity contribution in [1.29, 1.82) is 0 Å². The van der Waals surface area contributed by atoms with Gasteiger partial charge in [0.2, 0.25) is 0 Å². The summed E-state index contributed by atoms with van der Waals surface area (Å²) in [4.78, 5) is 15.6. The lowest BCUT2D eigenvalue weighted by atomic mass is 10.2. The van der Waals surface area contributed by atoms with Crippen LogP contribution in [-0.2, 0) is 4.74 Å². The molecule has 0 aliphatic heterocycles. The number of nitrogens with one attached hydrogen (secondary N) is 1. The molecular formula is C12H19N3O2S. The van der Waals surface area contributed by atoms with Crippen molar-refractivity contribution < 1.29 is 9.53 Å². The van der Waals surface area contributed by atoms with Crippen LogP contribution in [0.15, 0.2) is 12.3 Å². The predicted octanol–water partition coefficient (Wildman–Crippen LogP) is 2.01. The number of methoxy groups -OCH3 is 1. The molecule has 0 amide bonds. The minimum atomic E-state index is -0.445. The SMILES string of the molecule is CCSCCCNc1nccc(C(=O)OC)c1N. The molecule has 1 aromatic rings. The summed E-state index contributed by atoms with van der Waals surface area (Å²) in [5.74, 6) is 2.32. The summed E-state index contributed by atoms with van der Waals surface area (Å²) in [5, 5.41) is 3.13. The molecule has 18 heavy (non-hydrogen) atoms. The highest BCUT2D eigenvalue weighted by molar-refractivity contribution is 7.99. The molecule has 0 aromatic carbocycles. The number of carbonyl (C=O) groups is 1. The molecule has 0 aliphatic rings. The van der Waals surface area contributed by atoms with Gasteiger partial charge in [-0.15, -0.1) is 0 Å². The van der Waals surface area contributed by atoms with Gasteiger partial charge in [-0.2, -0.15) is 11.8 Å². The van der Waals surface area contributed by atoms with Crippen LogP contribution in [0.4, 0.5) is 11.5 Å². The van der Waals surface area contributed by atoms with E-state index in [0.29, 0.717) is 17.1 Å². The number of ether oxygens (including phenoxy) is 1. The molecule has 0 spiro atoms. The number of rotatable bonds is 7. The summed E-state index contributed by atoms with van der Waals surface area (Å²) in [6.45, 7) is 2.92. The number of hydrogen-bond acceptors (Lipinski definition) is 6. The van der Waals surface area contributed by atoms with Crippen molar-refractivity contribution in [3.05, 3.63) is 17.8 Å². The maximum atomic E-state index is 11.4. The Bertz CT molecular complexity index is 399. The van der Waals surface area contributed by atoms with Gasteiger partial charge in [-0.05, 0) is 24.0 Å². The predicted molar refractivity (Wildman–Crippen MR) is 76.1 cm³/mol. The van der Waals surface area contributed by atoms with Crippen LogP contribution in [0.3, 0.4) is 0 Å². The monoisotopic (exact) mass is 269 g/mol. The summed E-state index contributed by atoms with van der Waals surface area (Å²) in [6, 6.07) is 1.55. The van der Waals surface area contributed by atoms with Gasteiger partial charge in [-0.1, -0.05) is 6.92 Å². The summed E-state index contributed by atoms with van der Waals surface area (Å²) in [5.41, 5.74) is 6.56. The first kappa shape index (κ1) is 14.6. The van der Waals surface area contributed by atoms with Crippen LogP contribution in [0.25, 0.3) is 0 Å². The third kappa shape index (κ3) is 4.10. The number of nitrogen functional groups attached to an aromatic ring is 1. The second-order valence-corrected chi connectivity index (χ2v) is 4.98. The van der Waals surface area contributed by atoms with E-state index in [0.717, 1.165) is 24.5 Å². The number of pyridine rings is 1. The van der Waals surface area contributed by atoms with Gasteiger partial charge in [0.05, 0.1) is 18.4 Å². The molecule has 0 fully saturated rings. The molecule has 1 rings (SSSR count). The van der Waals surface area contributed by atoms with E-state index >= 15 is 0 Å². The van der Waals surface area contributed by atoms with E-state index in [-0.39, 0.29) is 0 Å². The van der Waals surface area contributed by atoms with Crippen LogP contribution < -0.4 is 11.1 Å². The first-order valence-corrected chi connectivity index (χ1v) is 7.00. The highest BCUT2D eigenvalue weighted by Crippen LogP contribution is 2.20. The van der Waals surface area contributed by atoms with Crippen molar-refractivity contribution in [2.45, 2.75) is 13.3 Å². The van der Waals surface area contributed by atoms with Crippen molar-refractivity contribution >= 4 is 29.2 Å². The van der Waals surface area contributed by atoms with Crippen molar-refractivity contribution in [2.75, 3.05) is 36.2 Å². The lowest BCUT2D eigenvalue weighted by Crippen LogP contribution is -2.11. The van der Waals surface area contributed by atoms with Gasteiger partial charge in [0.25, 0.3) is 0 Å². The molecule has 0 saturated carbocycles. The first-order valence-electron chi connectivity index (χ1n) is 5.85. The maximum absolute atomic E-state index is 11.4. The van der Waals surface area contributed by atoms with Crippen molar-refractivity contribution in [3.63, 3.8) is 0 Å². The average molecular weight is 269 g/mol. The van der Waals surface area contributed by atoms with Gasteiger partial charge in [0.1, 0.15) is 5.82 Å². The van der Waals surface area contributed by atoms with Crippen LogP contribution in [0, 0.1) is 0 Å². The Morgan fingerprint density at radius 2 is 2.39 bits per heavy atom. The second-order valence-electron chi connectivity index (χ2n) is 3.59. The highest BCUT2D eigenvalue weighted by atomic mass is 32.2. The molecule has 5 nitrogen and oxygen atoms in total. The molecule has 3 N–H and O–H groups in total. The van der Waals surface area contributed by atoms with E-state index in [9.17, 15) is 4.79 Å². The van der Waals surface area contributed by atoms with E-state index < -0.39 is 5.97 Å². The minimum Gasteiger partial charge on any atom is -0.465 e. The minimum absolute atomic E-state index is 0.340. The Kier molecular flexibility index (Phi) is 6.35. The molecule has 0 saturated heterocycles. The number of hydrogen-bond donors (Lipinski definition) is 2. The number of anilines is 2. The molecule has 0 radical (unpaired) electrons. The van der Waals surface area contributed by atoms with Gasteiger partial charge in [0.15, 0.2) is 0 Å². The largest absolute Gasteiger partial charge is 0.465 e. The number of esters is 1.